The van der Waals surface area contributed by atoms with Crippen LogP contribution in [-0.4, -0.2) is 29.7 Å². The number of nitrogens with one attached hydrogen (secondary N) is 1. The summed E-state index contributed by atoms with van der Waals surface area (Å²) in [6.07, 6.45) is 0.925. The molecule has 1 atom stereocenters. The van der Waals surface area contributed by atoms with Crippen molar-refractivity contribution in [3.05, 3.63) is 30.3 Å². The lowest BCUT2D eigenvalue weighted by atomic mass is 10.2. The molecule has 2 N–H and O–H groups in total. The quantitative estimate of drug-likeness (QED) is 0.872. The van der Waals surface area contributed by atoms with Crippen molar-refractivity contribution < 1.29 is 14.7 Å². The van der Waals surface area contributed by atoms with Crippen molar-refractivity contribution in [3.8, 4) is 0 Å². The Morgan fingerprint density at radius 3 is 2.42 bits per heavy atom. The Balaban J connectivity index is 2.09. The smallest absolute Gasteiger partial charge is 0.323 e. The average Bonchev–Trinajstić information content (AvgIpc) is 2.94. The van der Waals surface area contributed by atoms with Crippen molar-refractivity contribution in [1.29, 1.82) is 0 Å². The molecule has 1 aliphatic rings. The number of para-hydroxylation sites is 1. The van der Waals surface area contributed by atoms with E-state index in [4.69, 9.17) is 5.11 Å². The molecule has 5 nitrogen and oxygen atoms in total. The molecular weight excluding hydrogens is 244 g/mol. The summed E-state index contributed by atoms with van der Waals surface area (Å²) in [6, 6.07) is 8.59. The van der Waals surface area contributed by atoms with Crippen LogP contribution in [0.1, 0.15) is 20.3 Å². The molecule has 0 aromatic heterocycles. The first-order chi connectivity index (χ1) is 8.90. The summed E-state index contributed by atoms with van der Waals surface area (Å²) in [5.41, 5.74) is 0.696. The number of anilines is 1. The fourth-order valence-corrected chi connectivity index (χ4v) is 1.96. The van der Waals surface area contributed by atoms with E-state index < -0.39 is 5.97 Å². The molecule has 0 heterocycles. The summed E-state index contributed by atoms with van der Waals surface area (Å²) in [4.78, 5) is 24.3. The van der Waals surface area contributed by atoms with Crippen LogP contribution >= 0.6 is 0 Å². The number of carboxylic acids is 1. The maximum absolute atomic E-state index is 12.2. The lowest BCUT2D eigenvalue weighted by molar-refractivity contribution is -0.135. The van der Waals surface area contributed by atoms with Gasteiger partial charge in [-0.2, -0.15) is 0 Å². The number of aliphatic carboxylic acids is 1. The van der Waals surface area contributed by atoms with Crippen molar-refractivity contribution in [1.82, 2.24) is 5.32 Å². The highest BCUT2D eigenvalue weighted by Gasteiger charge is 2.47. The van der Waals surface area contributed by atoms with Gasteiger partial charge in [0.15, 0.2) is 0 Å². The minimum atomic E-state index is -1.03. The molecule has 0 radical (unpaired) electrons. The van der Waals surface area contributed by atoms with Crippen LogP contribution in [-0.2, 0) is 4.79 Å². The molecule has 1 fully saturated rings. The predicted molar refractivity (Wildman–Crippen MR) is 72.1 cm³/mol. The standard InChI is InChI=1S/C14H18N2O3/c1-14(2)8-11(14)15-13(19)16(9-12(17)18)10-6-4-3-5-7-10/h3-7,11H,8-9H2,1-2H3,(H,15,19)(H,17,18). The highest BCUT2D eigenvalue weighted by Crippen LogP contribution is 2.44. The van der Waals surface area contributed by atoms with E-state index in [1.165, 1.54) is 4.90 Å². The topological polar surface area (TPSA) is 69.6 Å². The number of urea groups is 1. The molecule has 2 amide bonds. The second kappa shape index (κ2) is 4.91. The second-order valence-corrected chi connectivity index (χ2v) is 5.51. The van der Waals surface area contributed by atoms with Crippen LogP contribution in [0.25, 0.3) is 0 Å². The molecule has 1 unspecified atom stereocenters. The van der Waals surface area contributed by atoms with Crippen LogP contribution in [0.4, 0.5) is 10.5 Å². The minimum absolute atomic E-state index is 0.112. The summed E-state index contributed by atoms with van der Waals surface area (Å²) in [5, 5.41) is 11.8. The summed E-state index contributed by atoms with van der Waals surface area (Å²) in [6.45, 7) is 3.80. The number of hydrogen-bond donors (Lipinski definition) is 2. The van der Waals surface area contributed by atoms with Gasteiger partial charge < -0.3 is 10.4 Å². The zero-order valence-corrected chi connectivity index (χ0v) is 11.1. The van der Waals surface area contributed by atoms with Gasteiger partial charge in [0.05, 0.1) is 0 Å². The Morgan fingerprint density at radius 2 is 1.95 bits per heavy atom. The third-order valence-electron chi connectivity index (χ3n) is 3.42. The monoisotopic (exact) mass is 262 g/mol. The minimum Gasteiger partial charge on any atom is -0.480 e. The van der Waals surface area contributed by atoms with E-state index in [-0.39, 0.29) is 24.0 Å². The maximum Gasteiger partial charge on any atom is 0.323 e. The highest BCUT2D eigenvalue weighted by atomic mass is 16.4. The molecule has 19 heavy (non-hydrogen) atoms. The Labute approximate surface area is 112 Å². The van der Waals surface area contributed by atoms with E-state index in [0.29, 0.717) is 5.69 Å². The second-order valence-electron chi connectivity index (χ2n) is 5.51. The first kappa shape index (κ1) is 13.4. The molecule has 102 valence electrons. The number of rotatable bonds is 4. The Morgan fingerprint density at radius 1 is 1.37 bits per heavy atom. The molecule has 0 aliphatic heterocycles. The van der Waals surface area contributed by atoms with Gasteiger partial charge in [-0.1, -0.05) is 32.0 Å². The van der Waals surface area contributed by atoms with Gasteiger partial charge in [-0.25, -0.2) is 4.79 Å². The number of amides is 2. The highest BCUT2D eigenvalue weighted by molar-refractivity contribution is 5.96. The van der Waals surface area contributed by atoms with Gasteiger partial charge in [-0.05, 0) is 24.0 Å². The van der Waals surface area contributed by atoms with Gasteiger partial charge in [0.25, 0.3) is 0 Å². The molecule has 1 saturated carbocycles. The van der Waals surface area contributed by atoms with Crippen molar-refractivity contribution in [3.63, 3.8) is 0 Å². The predicted octanol–water partition coefficient (Wildman–Crippen LogP) is 2.09. The van der Waals surface area contributed by atoms with Crippen LogP contribution in [0, 0.1) is 5.41 Å². The average molecular weight is 262 g/mol. The number of carbonyl (C=O) groups is 2. The van der Waals surface area contributed by atoms with E-state index in [1.807, 2.05) is 6.07 Å². The third-order valence-corrected chi connectivity index (χ3v) is 3.42. The Bertz CT molecular complexity index is 485. The summed E-state index contributed by atoms with van der Waals surface area (Å²) >= 11 is 0. The van der Waals surface area contributed by atoms with Crippen LogP contribution in [0.3, 0.4) is 0 Å². The fourth-order valence-electron chi connectivity index (χ4n) is 1.96. The zero-order chi connectivity index (χ0) is 14.0. The van der Waals surface area contributed by atoms with Crippen LogP contribution in [0.2, 0.25) is 0 Å². The van der Waals surface area contributed by atoms with Gasteiger partial charge in [0.2, 0.25) is 0 Å². The van der Waals surface area contributed by atoms with Crippen molar-refractivity contribution in [2.24, 2.45) is 5.41 Å². The fraction of sp³-hybridized carbons (Fsp3) is 0.429. The van der Waals surface area contributed by atoms with Crippen LogP contribution in [0.5, 0.6) is 0 Å². The first-order valence-electron chi connectivity index (χ1n) is 6.25. The Kier molecular flexibility index (Phi) is 3.46. The van der Waals surface area contributed by atoms with E-state index in [0.717, 1.165) is 6.42 Å². The third kappa shape index (κ3) is 3.24. The Hall–Kier alpha value is -2.04. The van der Waals surface area contributed by atoms with Crippen LogP contribution < -0.4 is 10.2 Å². The molecule has 2 rings (SSSR count). The lowest BCUT2D eigenvalue weighted by Gasteiger charge is -2.21. The van der Waals surface area contributed by atoms with Crippen molar-refractivity contribution >= 4 is 17.7 Å². The number of carboxylic acid groups (broad SMARTS) is 1. The molecule has 1 aliphatic carbocycles. The van der Waals surface area contributed by atoms with E-state index >= 15 is 0 Å². The van der Waals surface area contributed by atoms with Gasteiger partial charge in [0, 0.05) is 11.7 Å². The van der Waals surface area contributed by atoms with Crippen LogP contribution in [0.15, 0.2) is 30.3 Å². The molecule has 0 bridgehead atoms. The summed E-state index contributed by atoms with van der Waals surface area (Å²) in [7, 11) is 0. The van der Waals surface area contributed by atoms with Gasteiger partial charge in [-0.3, -0.25) is 9.69 Å². The lowest BCUT2D eigenvalue weighted by Crippen LogP contribution is -2.44. The molecule has 0 saturated heterocycles. The van der Waals surface area contributed by atoms with Gasteiger partial charge in [0.1, 0.15) is 6.54 Å². The number of hydrogen-bond acceptors (Lipinski definition) is 2. The number of carbonyl (C=O) groups excluding carboxylic acids is 1. The molecule has 5 heteroatoms. The largest absolute Gasteiger partial charge is 0.480 e. The summed E-state index contributed by atoms with van der Waals surface area (Å²) < 4.78 is 0. The number of nitrogens with zero attached hydrogens (tertiary/aromatic N) is 1. The molecule has 0 spiro atoms. The van der Waals surface area contributed by atoms with E-state index in [2.05, 4.69) is 19.2 Å². The summed E-state index contributed by atoms with van der Waals surface area (Å²) in [5.74, 6) is -1.03. The first-order valence-corrected chi connectivity index (χ1v) is 6.25. The van der Waals surface area contributed by atoms with Crippen molar-refractivity contribution in [2.45, 2.75) is 26.3 Å². The van der Waals surface area contributed by atoms with E-state index in [9.17, 15) is 9.59 Å². The maximum atomic E-state index is 12.2. The number of benzene rings is 1. The molecule has 1 aromatic carbocycles. The van der Waals surface area contributed by atoms with Gasteiger partial charge >= 0.3 is 12.0 Å². The van der Waals surface area contributed by atoms with E-state index in [1.54, 1.807) is 24.3 Å². The molecular formula is C14H18N2O3. The van der Waals surface area contributed by atoms with Crippen molar-refractivity contribution in [2.75, 3.05) is 11.4 Å². The molecule has 1 aromatic rings. The van der Waals surface area contributed by atoms with Gasteiger partial charge in [-0.15, -0.1) is 0 Å². The SMILES string of the molecule is CC1(C)CC1NC(=O)N(CC(=O)O)c1ccccc1. The normalized spacial score (nSPS) is 19.6. The zero-order valence-electron chi connectivity index (χ0n) is 11.1.